The first kappa shape index (κ1) is 14.5. The quantitative estimate of drug-likeness (QED) is 0.835. The minimum atomic E-state index is -0.804. The lowest BCUT2D eigenvalue weighted by atomic mass is 10.1. The van der Waals surface area contributed by atoms with Gasteiger partial charge in [-0.25, -0.2) is 0 Å². The number of carbonyl (C=O) groups is 2. The third-order valence-electron chi connectivity index (χ3n) is 3.39. The molecule has 1 atom stereocenters. The van der Waals surface area contributed by atoms with Crippen molar-refractivity contribution >= 4 is 11.9 Å². The summed E-state index contributed by atoms with van der Waals surface area (Å²) in [6, 6.07) is 5.55. The van der Waals surface area contributed by atoms with Gasteiger partial charge in [-0.15, -0.1) is 0 Å². The van der Waals surface area contributed by atoms with E-state index in [1.165, 1.54) is 0 Å². The number of aliphatic carboxylic acids is 1. The largest absolute Gasteiger partial charge is 0.481 e. The Hall–Kier alpha value is -1.88. The molecule has 108 valence electrons. The highest BCUT2D eigenvalue weighted by atomic mass is 16.5. The molecule has 1 aromatic rings. The number of fused-ring (bicyclic) bond motifs is 1. The normalized spacial score (nSPS) is 14.7. The van der Waals surface area contributed by atoms with Gasteiger partial charge in [-0.1, -0.05) is 6.07 Å². The van der Waals surface area contributed by atoms with Crippen LogP contribution in [0.15, 0.2) is 18.2 Å². The van der Waals surface area contributed by atoms with Gasteiger partial charge in [0.15, 0.2) is 0 Å². The first-order chi connectivity index (χ1) is 9.56. The molecule has 1 aliphatic rings. The van der Waals surface area contributed by atoms with E-state index in [2.05, 4.69) is 5.32 Å². The number of carboxylic acids is 1. The second kappa shape index (κ2) is 6.52. The predicted octanol–water partition coefficient (Wildman–Crippen LogP) is 2.09. The smallest absolute Gasteiger partial charge is 0.303 e. The molecule has 20 heavy (non-hydrogen) atoms. The van der Waals surface area contributed by atoms with Crippen LogP contribution < -0.4 is 5.32 Å². The maximum Gasteiger partial charge on any atom is 0.303 e. The number of amides is 1. The van der Waals surface area contributed by atoms with Gasteiger partial charge in [0.2, 0.25) is 0 Å². The number of rotatable bonds is 6. The molecule has 1 aliphatic heterocycles. The number of benzene rings is 1. The van der Waals surface area contributed by atoms with E-state index in [0.717, 1.165) is 11.1 Å². The van der Waals surface area contributed by atoms with Crippen molar-refractivity contribution in [1.82, 2.24) is 5.32 Å². The molecule has 0 radical (unpaired) electrons. The van der Waals surface area contributed by atoms with Crippen LogP contribution in [0.3, 0.4) is 0 Å². The van der Waals surface area contributed by atoms with Crippen molar-refractivity contribution in [2.24, 2.45) is 0 Å². The topological polar surface area (TPSA) is 75.6 Å². The van der Waals surface area contributed by atoms with Gasteiger partial charge in [-0.3, -0.25) is 9.59 Å². The molecule has 0 saturated carbocycles. The monoisotopic (exact) mass is 277 g/mol. The van der Waals surface area contributed by atoms with Crippen LogP contribution in [0.25, 0.3) is 0 Å². The molecule has 0 fully saturated rings. The van der Waals surface area contributed by atoms with Crippen molar-refractivity contribution in [3.8, 4) is 0 Å². The fourth-order valence-corrected chi connectivity index (χ4v) is 2.25. The highest BCUT2D eigenvalue weighted by Crippen LogP contribution is 2.20. The summed E-state index contributed by atoms with van der Waals surface area (Å²) in [6.07, 6.45) is 1.36. The molecule has 1 amide bonds. The van der Waals surface area contributed by atoms with Crippen molar-refractivity contribution in [3.05, 3.63) is 34.9 Å². The zero-order valence-corrected chi connectivity index (χ0v) is 11.5. The van der Waals surface area contributed by atoms with Crippen LogP contribution in [-0.2, 0) is 22.7 Å². The zero-order valence-electron chi connectivity index (χ0n) is 11.5. The third kappa shape index (κ3) is 3.81. The third-order valence-corrected chi connectivity index (χ3v) is 3.39. The summed E-state index contributed by atoms with van der Waals surface area (Å²) in [5.41, 5.74) is 2.83. The number of ether oxygens (including phenoxy) is 1. The summed E-state index contributed by atoms with van der Waals surface area (Å²) in [6.45, 7) is 3.06. The summed E-state index contributed by atoms with van der Waals surface area (Å²) >= 11 is 0. The highest BCUT2D eigenvalue weighted by molar-refractivity contribution is 5.94. The van der Waals surface area contributed by atoms with Gasteiger partial charge >= 0.3 is 5.97 Å². The molecular weight excluding hydrogens is 258 g/mol. The van der Waals surface area contributed by atoms with Gasteiger partial charge in [0.1, 0.15) is 0 Å². The Morgan fingerprint density at radius 3 is 2.85 bits per heavy atom. The summed E-state index contributed by atoms with van der Waals surface area (Å²) in [7, 11) is 0. The average Bonchev–Trinajstić information content (AvgIpc) is 2.85. The van der Waals surface area contributed by atoms with E-state index in [9.17, 15) is 9.59 Å². The van der Waals surface area contributed by atoms with Gasteiger partial charge in [0, 0.05) is 18.0 Å². The Bertz CT molecular complexity index is 513. The van der Waals surface area contributed by atoms with Crippen LogP contribution in [0, 0.1) is 0 Å². The summed E-state index contributed by atoms with van der Waals surface area (Å²) in [4.78, 5) is 22.5. The Morgan fingerprint density at radius 1 is 1.35 bits per heavy atom. The maximum absolute atomic E-state index is 12.1. The van der Waals surface area contributed by atoms with E-state index in [1.807, 2.05) is 19.1 Å². The van der Waals surface area contributed by atoms with Crippen LogP contribution in [0.4, 0.5) is 0 Å². The molecule has 1 unspecified atom stereocenters. The standard InChI is InChI=1S/C15H19NO4/c1-10(3-2-4-14(17)18)16-15(19)11-5-6-12-8-20-9-13(12)7-11/h5-7,10H,2-4,8-9H2,1H3,(H,16,19)(H,17,18). The minimum Gasteiger partial charge on any atom is -0.481 e. The second-order valence-electron chi connectivity index (χ2n) is 5.14. The molecular formula is C15H19NO4. The van der Waals surface area contributed by atoms with Crippen LogP contribution >= 0.6 is 0 Å². The Balaban J connectivity index is 1.86. The van der Waals surface area contributed by atoms with Gasteiger partial charge in [-0.05, 0) is 43.0 Å². The van der Waals surface area contributed by atoms with E-state index in [4.69, 9.17) is 9.84 Å². The van der Waals surface area contributed by atoms with Crippen molar-refractivity contribution in [2.75, 3.05) is 0 Å². The lowest BCUT2D eigenvalue weighted by molar-refractivity contribution is -0.137. The number of carboxylic acid groups (broad SMARTS) is 1. The molecule has 0 aliphatic carbocycles. The van der Waals surface area contributed by atoms with Crippen molar-refractivity contribution in [2.45, 2.75) is 45.4 Å². The van der Waals surface area contributed by atoms with Crippen LogP contribution in [0.1, 0.15) is 47.7 Å². The van der Waals surface area contributed by atoms with E-state index in [-0.39, 0.29) is 18.4 Å². The van der Waals surface area contributed by atoms with E-state index in [0.29, 0.717) is 31.6 Å². The lowest BCUT2D eigenvalue weighted by Gasteiger charge is -2.13. The lowest BCUT2D eigenvalue weighted by Crippen LogP contribution is -2.32. The van der Waals surface area contributed by atoms with Gasteiger partial charge in [-0.2, -0.15) is 0 Å². The molecule has 0 spiro atoms. The maximum atomic E-state index is 12.1. The summed E-state index contributed by atoms with van der Waals surface area (Å²) < 4.78 is 5.32. The number of hydrogen-bond donors (Lipinski definition) is 2. The average molecular weight is 277 g/mol. The predicted molar refractivity (Wildman–Crippen MR) is 73.4 cm³/mol. The van der Waals surface area contributed by atoms with E-state index >= 15 is 0 Å². The summed E-state index contributed by atoms with van der Waals surface area (Å²) in [5, 5.41) is 11.5. The molecule has 0 aromatic heterocycles. The highest BCUT2D eigenvalue weighted by Gasteiger charge is 2.15. The van der Waals surface area contributed by atoms with Crippen LogP contribution in [0.5, 0.6) is 0 Å². The van der Waals surface area contributed by atoms with Gasteiger partial charge < -0.3 is 15.2 Å². The zero-order chi connectivity index (χ0) is 14.5. The van der Waals surface area contributed by atoms with E-state index in [1.54, 1.807) is 6.07 Å². The first-order valence-electron chi connectivity index (χ1n) is 6.78. The molecule has 0 bridgehead atoms. The van der Waals surface area contributed by atoms with Crippen LogP contribution in [-0.4, -0.2) is 23.0 Å². The van der Waals surface area contributed by atoms with Crippen molar-refractivity contribution in [1.29, 1.82) is 0 Å². The molecule has 0 saturated heterocycles. The molecule has 2 rings (SSSR count). The molecule has 1 heterocycles. The molecule has 2 N–H and O–H groups in total. The number of carbonyl (C=O) groups excluding carboxylic acids is 1. The van der Waals surface area contributed by atoms with Crippen molar-refractivity contribution in [3.63, 3.8) is 0 Å². The van der Waals surface area contributed by atoms with Gasteiger partial charge in [0.05, 0.1) is 13.2 Å². The summed E-state index contributed by atoms with van der Waals surface area (Å²) in [5.74, 6) is -0.926. The molecule has 5 heteroatoms. The van der Waals surface area contributed by atoms with Crippen LogP contribution in [0.2, 0.25) is 0 Å². The van der Waals surface area contributed by atoms with Crippen molar-refractivity contribution < 1.29 is 19.4 Å². The van der Waals surface area contributed by atoms with E-state index < -0.39 is 5.97 Å². The Labute approximate surface area is 117 Å². The Morgan fingerprint density at radius 2 is 2.10 bits per heavy atom. The van der Waals surface area contributed by atoms with Gasteiger partial charge in [0.25, 0.3) is 5.91 Å². The Kier molecular flexibility index (Phi) is 4.74. The minimum absolute atomic E-state index is 0.0358. The molecule has 1 aromatic carbocycles. The number of nitrogens with one attached hydrogen (secondary N) is 1. The fraction of sp³-hybridized carbons (Fsp3) is 0.467. The molecule has 5 nitrogen and oxygen atoms in total. The second-order valence-corrected chi connectivity index (χ2v) is 5.14. The SMILES string of the molecule is CC(CCCC(=O)O)NC(=O)c1ccc2c(c1)COC2. The first-order valence-corrected chi connectivity index (χ1v) is 6.78. The number of hydrogen-bond acceptors (Lipinski definition) is 3. The fourth-order valence-electron chi connectivity index (χ4n) is 2.25.